The Morgan fingerprint density at radius 2 is 1.62 bits per heavy atom. The minimum absolute atomic E-state index is 0.231. The van der Waals surface area contributed by atoms with Crippen molar-refractivity contribution in [2.45, 2.75) is 27.2 Å². The van der Waals surface area contributed by atoms with Gasteiger partial charge in [0, 0.05) is 24.5 Å². The molecule has 0 radical (unpaired) electrons. The predicted octanol–water partition coefficient (Wildman–Crippen LogP) is 4.30. The summed E-state index contributed by atoms with van der Waals surface area (Å²) < 4.78 is 5.62. The maximum Gasteiger partial charge on any atom is 0.319 e. The summed E-state index contributed by atoms with van der Waals surface area (Å²) >= 11 is 0. The van der Waals surface area contributed by atoms with E-state index in [4.69, 9.17) is 4.74 Å². The van der Waals surface area contributed by atoms with Crippen LogP contribution in [0.2, 0.25) is 0 Å². The molecule has 0 aliphatic carbocycles. The van der Waals surface area contributed by atoms with Crippen LogP contribution in [0.5, 0.6) is 5.75 Å². The quantitative estimate of drug-likeness (QED) is 0.660. The zero-order chi connectivity index (χ0) is 18.8. The van der Waals surface area contributed by atoms with Crippen LogP contribution in [0.3, 0.4) is 0 Å². The first-order valence-electron chi connectivity index (χ1n) is 9.27. The highest BCUT2D eigenvalue weighted by Gasteiger charge is 2.04. The number of nitrogens with one attached hydrogen (secondary N) is 2. The summed E-state index contributed by atoms with van der Waals surface area (Å²) in [4.78, 5) is 14.2. The number of hydrogen-bond donors (Lipinski definition) is 2. The van der Waals surface area contributed by atoms with Crippen LogP contribution >= 0.6 is 0 Å². The van der Waals surface area contributed by atoms with Gasteiger partial charge in [0.25, 0.3) is 0 Å². The first-order chi connectivity index (χ1) is 12.7. The van der Waals surface area contributed by atoms with Gasteiger partial charge in [-0.3, -0.25) is 0 Å². The molecule has 2 amide bonds. The van der Waals surface area contributed by atoms with Gasteiger partial charge in [-0.15, -0.1) is 0 Å². The highest BCUT2D eigenvalue weighted by Crippen LogP contribution is 2.17. The van der Waals surface area contributed by atoms with Gasteiger partial charge in [-0.2, -0.15) is 0 Å². The van der Waals surface area contributed by atoms with Crippen molar-refractivity contribution in [3.8, 4) is 5.75 Å². The summed E-state index contributed by atoms with van der Waals surface area (Å²) in [5.74, 6) is 0.816. The minimum Gasteiger partial charge on any atom is -0.492 e. The molecule has 0 unspecified atom stereocenters. The largest absolute Gasteiger partial charge is 0.492 e. The Morgan fingerprint density at radius 1 is 0.962 bits per heavy atom. The Kier molecular flexibility index (Phi) is 7.80. The fourth-order valence-electron chi connectivity index (χ4n) is 2.67. The number of carbonyl (C=O) groups is 1. The van der Waals surface area contributed by atoms with E-state index in [2.05, 4.69) is 48.4 Å². The lowest BCUT2D eigenvalue weighted by molar-refractivity contribution is 0.247. The number of aryl methyl sites for hydroxylation is 1. The molecule has 0 saturated carbocycles. The van der Waals surface area contributed by atoms with Crippen molar-refractivity contribution in [2.24, 2.45) is 0 Å². The van der Waals surface area contributed by atoms with Crippen LogP contribution in [0.4, 0.5) is 16.2 Å². The van der Waals surface area contributed by atoms with E-state index in [9.17, 15) is 4.79 Å². The second-order valence-corrected chi connectivity index (χ2v) is 5.95. The Labute approximate surface area is 156 Å². The van der Waals surface area contributed by atoms with Gasteiger partial charge in [-0.25, -0.2) is 4.79 Å². The number of amides is 2. The van der Waals surface area contributed by atoms with Crippen LogP contribution in [0.25, 0.3) is 0 Å². The van der Waals surface area contributed by atoms with E-state index in [1.54, 1.807) is 0 Å². The van der Waals surface area contributed by atoms with Gasteiger partial charge in [0.15, 0.2) is 0 Å². The number of rotatable bonds is 9. The molecule has 0 fully saturated rings. The predicted molar refractivity (Wildman–Crippen MR) is 108 cm³/mol. The summed E-state index contributed by atoms with van der Waals surface area (Å²) in [6.45, 7) is 9.18. The topological polar surface area (TPSA) is 53.6 Å². The van der Waals surface area contributed by atoms with Crippen LogP contribution < -0.4 is 20.3 Å². The van der Waals surface area contributed by atoms with Crippen molar-refractivity contribution < 1.29 is 9.53 Å². The SMILES string of the molecule is CCc1ccc(OCCNC(=O)Nc2ccc(N(CC)CC)cc2)cc1. The number of nitrogens with zero attached hydrogens (tertiary/aromatic N) is 1. The molecular weight excluding hydrogens is 326 g/mol. The summed E-state index contributed by atoms with van der Waals surface area (Å²) in [6, 6.07) is 15.7. The van der Waals surface area contributed by atoms with Gasteiger partial charge in [-0.1, -0.05) is 19.1 Å². The lowest BCUT2D eigenvalue weighted by Gasteiger charge is -2.21. The molecule has 0 spiro atoms. The third-order valence-electron chi connectivity index (χ3n) is 4.24. The molecule has 0 saturated heterocycles. The van der Waals surface area contributed by atoms with Gasteiger partial charge in [0.1, 0.15) is 12.4 Å². The fraction of sp³-hybridized carbons (Fsp3) is 0.381. The van der Waals surface area contributed by atoms with Crippen molar-refractivity contribution in [3.05, 3.63) is 54.1 Å². The zero-order valence-electron chi connectivity index (χ0n) is 15.9. The molecule has 0 aliphatic heterocycles. The number of hydrogen-bond acceptors (Lipinski definition) is 3. The molecule has 2 aromatic rings. The van der Waals surface area contributed by atoms with Gasteiger partial charge in [-0.05, 0) is 62.2 Å². The number of anilines is 2. The lowest BCUT2D eigenvalue weighted by atomic mass is 10.2. The van der Waals surface area contributed by atoms with E-state index in [-0.39, 0.29) is 6.03 Å². The van der Waals surface area contributed by atoms with Crippen molar-refractivity contribution in [2.75, 3.05) is 36.5 Å². The molecule has 140 valence electrons. The van der Waals surface area contributed by atoms with Crippen molar-refractivity contribution >= 4 is 17.4 Å². The molecule has 5 nitrogen and oxygen atoms in total. The van der Waals surface area contributed by atoms with E-state index in [1.165, 1.54) is 5.56 Å². The number of carbonyl (C=O) groups excluding carboxylic acids is 1. The molecule has 26 heavy (non-hydrogen) atoms. The number of urea groups is 1. The number of ether oxygens (including phenoxy) is 1. The van der Waals surface area contributed by atoms with Crippen molar-refractivity contribution in [1.29, 1.82) is 0 Å². The molecule has 0 aromatic heterocycles. The van der Waals surface area contributed by atoms with Gasteiger partial charge in [0.05, 0.1) is 6.54 Å². The zero-order valence-corrected chi connectivity index (χ0v) is 15.9. The highest BCUT2D eigenvalue weighted by molar-refractivity contribution is 5.89. The monoisotopic (exact) mass is 355 g/mol. The molecule has 0 heterocycles. The Hall–Kier alpha value is -2.69. The van der Waals surface area contributed by atoms with Crippen LogP contribution in [-0.2, 0) is 6.42 Å². The fourth-order valence-corrected chi connectivity index (χ4v) is 2.67. The first-order valence-corrected chi connectivity index (χ1v) is 9.27. The maximum absolute atomic E-state index is 12.0. The molecule has 2 rings (SSSR count). The minimum atomic E-state index is -0.231. The van der Waals surface area contributed by atoms with Crippen LogP contribution in [0.15, 0.2) is 48.5 Å². The van der Waals surface area contributed by atoms with E-state index in [0.717, 1.165) is 36.6 Å². The Morgan fingerprint density at radius 3 is 2.19 bits per heavy atom. The molecule has 2 aromatic carbocycles. The molecule has 0 atom stereocenters. The van der Waals surface area contributed by atoms with Gasteiger partial charge in [0.2, 0.25) is 0 Å². The standard InChI is InChI=1S/C21H29N3O2/c1-4-17-7-13-20(14-8-17)26-16-15-22-21(25)23-18-9-11-19(12-10-18)24(5-2)6-3/h7-14H,4-6,15-16H2,1-3H3,(H2,22,23,25). The molecule has 5 heteroatoms. The normalized spacial score (nSPS) is 10.3. The van der Waals surface area contributed by atoms with E-state index in [0.29, 0.717) is 13.2 Å². The lowest BCUT2D eigenvalue weighted by Crippen LogP contribution is -2.32. The molecule has 2 N–H and O–H groups in total. The van der Waals surface area contributed by atoms with Crippen molar-refractivity contribution in [3.63, 3.8) is 0 Å². The Balaban J connectivity index is 1.71. The summed E-state index contributed by atoms with van der Waals surface area (Å²) in [7, 11) is 0. The molecule has 0 aliphatic rings. The number of benzene rings is 2. The second-order valence-electron chi connectivity index (χ2n) is 5.95. The van der Waals surface area contributed by atoms with Crippen LogP contribution in [0, 0.1) is 0 Å². The van der Waals surface area contributed by atoms with Gasteiger partial charge < -0.3 is 20.3 Å². The summed E-state index contributed by atoms with van der Waals surface area (Å²) in [5, 5.41) is 5.63. The van der Waals surface area contributed by atoms with E-state index >= 15 is 0 Å². The van der Waals surface area contributed by atoms with Crippen molar-refractivity contribution in [1.82, 2.24) is 5.32 Å². The summed E-state index contributed by atoms with van der Waals surface area (Å²) in [6.07, 6.45) is 1.01. The highest BCUT2D eigenvalue weighted by atomic mass is 16.5. The molecule has 0 bridgehead atoms. The third kappa shape index (κ3) is 5.99. The van der Waals surface area contributed by atoms with Crippen LogP contribution in [0.1, 0.15) is 26.3 Å². The summed E-state index contributed by atoms with van der Waals surface area (Å²) in [5.41, 5.74) is 3.21. The average Bonchev–Trinajstić information content (AvgIpc) is 2.68. The van der Waals surface area contributed by atoms with E-state index < -0.39 is 0 Å². The van der Waals surface area contributed by atoms with E-state index in [1.807, 2.05) is 36.4 Å². The second kappa shape index (κ2) is 10.3. The first kappa shape index (κ1) is 19.6. The third-order valence-corrected chi connectivity index (χ3v) is 4.24. The van der Waals surface area contributed by atoms with Gasteiger partial charge >= 0.3 is 6.03 Å². The maximum atomic E-state index is 12.0. The molecular formula is C21H29N3O2. The average molecular weight is 355 g/mol. The Bertz CT molecular complexity index is 665. The van der Waals surface area contributed by atoms with Crippen LogP contribution in [-0.4, -0.2) is 32.3 Å². The smallest absolute Gasteiger partial charge is 0.319 e.